The summed E-state index contributed by atoms with van der Waals surface area (Å²) in [6.07, 6.45) is 4.81. The van der Waals surface area contributed by atoms with Crippen molar-refractivity contribution in [3.63, 3.8) is 0 Å². The van der Waals surface area contributed by atoms with E-state index in [1.54, 1.807) is 67.0 Å². The Hall–Kier alpha value is -5.47. The number of anilines is 2. The summed E-state index contributed by atoms with van der Waals surface area (Å²) in [4.78, 5) is 44.8. The fourth-order valence-corrected chi connectivity index (χ4v) is 5.60. The number of aryl methyl sites for hydroxylation is 2. The van der Waals surface area contributed by atoms with E-state index < -0.39 is 17.1 Å². The molecule has 0 saturated heterocycles. The van der Waals surface area contributed by atoms with Gasteiger partial charge >= 0.3 is 0 Å². The van der Waals surface area contributed by atoms with Crippen LogP contribution in [0.5, 0.6) is 0 Å². The average molecular weight is 613 g/mol. The van der Waals surface area contributed by atoms with Gasteiger partial charge in [0.25, 0.3) is 11.8 Å². The predicted molar refractivity (Wildman–Crippen MR) is 181 cm³/mol. The summed E-state index contributed by atoms with van der Waals surface area (Å²) in [5.41, 5.74) is 5.48. The zero-order valence-electron chi connectivity index (χ0n) is 24.9. The molecule has 0 aliphatic carbocycles. The van der Waals surface area contributed by atoms with E-state index in [2.05, 4.69) is 20.9 Å². The van der Waals surface area contributed by atoms with E-state index in [4.69, 9.17) is 0 Å². The first-order valence-electron chi connectivity index (χ1n) is 14.3. The van der Waals surface area contributed by atoms with Crippen LogP contribution >= 0.6 is 11.8 Å². The minimum atomic E-state index is -0.505. The number of hydrogen-bond donors (Lipinski definition) is 3. The van der Waals surface area contributed by atoms with Gasteiger partial charge in [0.05, 0.1) is 0 Å². The van der Waals surface area contributed by atoms with Crippen molar-refractivity contribution < 1.29 is 14.4 Å². The van der Waals surface area contributed by atoms with Crippen molar-refractivity contribution in [1.82, 2.24) is 10.3 Å². The number of thioether (sulfide) groups is 1. The number of nitrogens with zero attached hydrogens (tertiary/aromatic N) is 1. The molecule has 0 saturated carbocycles. The number of carbonyl (C=O) groups excluding carboxylic acids is 3. The Labute approximate surface area is 266 Å². The highest BCUT2D eigenvalue weighted by Crippen LogP contribution is 2.37. The molecular weight excluding hydrogens is 580 g/mol. The van der Waals surface area contributed by atoms with Crippen LogP contribution in [0.4, 0.5) is 11.4 Å². The van der Waals surface area contributed by atoms with E-state index in [-0.39, 0.29) is 11.6 Å². The molecule has 7 nitrogen and oxygen atoms in total. The number of pyridine rings is 1. The summed E-state index contributed by atoms with van der Waals surface area (Å²) in [6.45, 7) is 4.00. The Morgan fingerprint density at radius 1 is 0.778 bits per heavy atom. The summed E-state index contributed by atoms with van der Waals surface area (Å²) < 4.78 is 0. The topological polar surface area (TPSA) is 100 Å². The van der Waals surface area contributed by atoms with Crippen LogP contribution in [-0.2, 0) is 9.59 Å². The molecule has 1 unspecified atom stereocenters. The smallest absolute Gasteiger partial charge is 0.272 e. The quantitative estimate of drug-likeness (QED) is 0.112. The van der Waals surface area contributed by atoms with Crippen molar-refractivity contribution >= 4 is 46.9 Å². The van der Waals surface area contributed by atoms with E-state index in [0.29, 0.717) is 16.8 Å². The molecule has 8 heteroatoms. The largest absolute Gasteiger partial charge is 0.325 e. The lowest BCUT2D eigenvalue weighted by molar-refractivity contribution is -0.116. The molecule has 0 bridgehead atoms. The molecule has 224 valence electrons. The number of hydrogen-bond acceptors (Lipinski definition) is 5. The molecule has 0 aliphatic heterocycles. The average Bonchev–Trinajstić information content (AvgIpc) is 3.06. The highest BCUT2D eigenvalue weighted by molar-refractivity contribution is 8.00. The number of benzene rings is 4. The molecule has 4 aromatic carbocycles. The van der Waals surface area contributed by atoms with Gasteiger partial charge < -0.3 is 16.0 Å². The Kier molecular flexibility index (Phi) is 10.2. The number of carbonyl (C=O) groups is 3. The number of amides is 3. The summed E-state index contributed by atoms with van der Waals surface area (Å²) in [5.74, 6) is -1.02. The normalized spacial score (nSPS) is 11.7. The van der Waals surface area contributed by atoms with E-state index in [9.17, 15) is 14.4 Å². The standard InChI is InChI=1S/C37H32N4O3S/c1-25-15-20-32(26(2)22-25)40-37(44)34(28-11-5-3-6-12-28)45-31-18-16-30(17-19-31)39-36(43)33(23-27-10-9-21-38-24-27)41-35(42)29-13-7-4-8-14-29/h3-24,34H,1-2H3,(H,39,43)(H,40,44)(H,41,42)/b33-23-. The van der Waals surface area contributed by atoms with Gasteiger partial charge in [0, 0.05) is 34.2 Å². The monoisotopic (exact) mass is 612 g/mol. The Bertz CT molecular complexity index is 1810. The number of nitrogens with one attached hydrogen (secondary N) is 3. The predicted octanol–water partition coefficient (Wildman–Crippen LogP) is 7.58. The van der Waals surface area contributed by atoms with Gasteiger partial charge in [-0.1, -0.05) is 72.3 Å². The van der Waals surface area contributed by atoms with Crippen molar-refractivity contribution in [3.05, 3.63) is 161 Å². The van der Waals surface area contributed by atoms with Gasteiger partial charge in [0.15, 0.2) is 0 Å². The number of aromatic nitrogens is 1. The van der Waals surface area contributed by atoms with Gasteiger partial charge in [0.2, 0.25) is 5.91 Å². The van der Waals surface area contributed by atoms with Crippen molar-refractivity contribution in [2.75, 3.05) is 10.6 Å². The van der Waals surface area contributed by atoms with Crippen molar-refractivity contribution in [1.29, 1.82) is 0 Å². The maximum absolute atomic E-state index is 13.5. The van der Waals surface area contributed by atoms with Crippen LogP contribution in [0.1, 0.15) is 37.9 Å². The summed E-state index contributed by atoms with van der Waals surface area (Å²) in [7, 11) is 0. The van der Waals surface area contributed by atoms with E-state index in [1.807, 2.05) is 80.6 Å². The lowest BCUT2D eigenvalue weighted by atomic mass is 10.1. The molecule has 1 aromatic heterocycles. The maximum atomic E-state index is 13.5. The lowest BCUT2D eigenvalue weighted by Gasteiger charge is -2.18. The minimum Gasteiger partial charge on any atom is -0.325 e. The second-order valence-corrected chi connectivity index (χ2v) is 11.5. The minimum absolute atomic E-state index is 0.0718. The highest BCUT2D eigenvalue weighted by atomic mass is 32.2. The third-order valence-electron chi connectivity index (χ3n) is 6.87. The first kappa shape index (κ1) is 31.0. The van der Waals surface area contributed by atoms with Gasteiger partial charge in [-0.05, 0) is 85.1 Å². The molecule has 5 aromatic rings. The van der Waals surface area contributed by atoms with Gasteiger partial charge in [-0.2, -0.15) is 0 Å². The van der Waals surface area contributed by atoms with Gasteiger partial charge in [-0.25, -0.2) is 0 Å². The summed E-state index contributed by atoms with van der Waals surface area (Å²) in [5, 5.41) is 8.18. The highest BCUT2D eigenvalue weighted by Gasteiger charge is 2.23. The summed E-state index contributed by atoms with van der Waals surface area (Å²) >= 11 is 1.42. The molecule has 1 atom stereocenters. The third kappa shape index (κ3) is 8.55. The first-order chi connectivity index (χ1) is 21.9. The zero-order valence-corrected chi connectivity index (χ0v) is 25.7. The molecule has 0 aliphatic rings. The van der Waals surface area contributed by atoms with Crippen molar-refractivity contribution in [3.8, 4) is 0 Å². The SMILES string of the molecule is Cc1ccc(NC(=O)C(Sc2ccc(NC(=O)/C(=C/c3cccnc3)NC(=O)c3ccccc3)cc2)c2ccccc2)c(C)c1. The second-order valence-electron chi connectivity index (χ2n) is 10.4. The van der Waals surface area contributed by atoms with Crippen molar-refractivity contribution in [2.24, 2.45) is 0 Å². The molecule has 3 N–H and O–H groups in total. The van der Waals surface area contributed by atoms with Crippen LogP contribution in [-0.4, -0.2) is 22.7 Å². The van der Waals surface area contributed by atoms with Crippen LogP contribution < -0.4 is 16.0 Å². The van der Waals surface area contributed by atoms with Gasteiger partial charge in [0.1, 0.15) is 10.9 Å². The van der Waals surface area contributed by atoms with Crippen LogP contribution in [0.25, 0.3) is 6.08 Å². The fourth-order valence-electron chi connectivity index (χ4n) is 4.57. The fraction of sp³-hybridized carbons (Fsp3) is 0.0811. The second kappa shape index (κ2) is 14.8. The molecule has 1 heterocycles. The first-order valence-corrected chi connectivity index (χ1v) is 15.2. The van der Waals surface area contributed by atoms with E-state index in [0.717, 1.165) is 27.3 Å². The molecule has 45 heavy (non-hydrogen) atoms. The van der Waals surface area contributed by atoms with Crippen LogP contribution in [0, 0.1) is 13.8 Å². The Morgan fingerprint density at radius 3 is 2.16 bits per heavy atom. The van der Waals surface area contributed by atoms with Crippen LogP contribution in [0.2, 0.25) is 0 Å². The Balaban J connectivity index is 1.32. The van der Waals surface area contributed by atoms with E-state index in [1.165, 1.54) is 11.8 Å². The molecule has 5 rings (SSSR count). The maximum Gasteiger partial charge on any atom is 0.272 e. The zero-order chi connectivity index (χ0) is 31.6. The number of rotatable bonds is 10. The van der Waals surface area contributed by atoms with Gasteiger partial charge in [-0.3, -0.25) is 19.4 Å². The molecule has 3 amide bonds. The molecular formula is C37H32N4O3S. The molecule has 0 fully saturated rings. The van der Waals surface area contributed by atoms with Crippen LogP contribution in [0.15, 0.2) is 138 Å². The third-order valence-corrected chi connectivity index (χ3v) is 8.14. The van der Waals surface area contributed by atoms with Crippen LogP contribution in [0.3, 0.4) is 0 Å². The van der Waals surface area contributed by atoms with E-state index >= 15 is 0 Å². The molecule has 0 spiro atoms. The molecule has 0 radical (unpaired) electrons. The summed E-state index contributed by atoms with van der Waals surface area (Å²) in [6, 6.07) is 35.0. The van der Waals surface area contributed by atoms with Gasteiger partial charge in [-0.15, -0.1) is 11.8 Å². The van der Waals surface area contributed by atoms with Crippen molar-refractivity contribution in [2.45, 2.75) is 24.0 Å². The lowest BCUT2D eigenvalue weighted by Crippen LogP contribution is -2.30. The Morgan fingerprint density at radius 2 is 1.49 bits per heavy atom.